The number of ether oxygens (including phenoxy) is 3. The normalized spacial score (nSPS) is 15.2. The topological polar surface area (TPSA) is 147 Å². The number of methoxy groups -OCH3 is 3. The minimum Gasteiger partial charge on any atom is -0.505 e. The summed E-state index contributed by atoms with van der Waals surface area (Å²) in [6.45, 7) is 2.55. The number of carboxylic acid groups (broad SMARTS) is 1. The van der Waals surface area contributed by atoms with Crippen LogP contribution in [0.2, 0.25) is 0 Å². The van der Waals surface area contributed by atoms with E-state index in [9.17, 15) is 24.9 Å². The Balaban J connectivity index is 1.86. The summed E-state index contributed by atoms with van der Waals surface area (Å²) >= 11 is 1.56. The summed E-state index contributed by atoms with van der Waals surface area (Å²) in [4.78, 5) is 30.7. The number of nitrogens with zero attached hydrogens (tertiary/aromatic N) is 1. The zero-order chi connectivity index (χ0) is 30.3. The number of aliphatic carboxylic acids is 1. The van der Waals surface area contributed by atoms with Gasteiger partial charge >= 0.3 is 5.97 Å². The zero-order valence-corrected chi connectivity index (χ0v) is 24.7. The highest BCUT2D eigenvalue weighted by Crippen LogP contribution is 2.57. The van der Waals surface area contributed by atoms with E-state index in [4.69, 9.17) is 19.2 Å². The van der Waals surface area contributed by atoms with E-state index in [-0.39, 0.29) is 35.8 Å². The second kappa shape index (κ2) is 9.70. The fourth-order valence-electron chi connectivity index (χ4n) is 6.88. The number of anilines is 1. The van der Waals surface area contributed by atoms with Crippen molar-refractivity contribution in [3.05, 3.63) is 39.3 Å². The number of carbonyl (C=O) groups is 2. The van der Waals surface area contributed by atoms with Crippen LogP contribution in [0.1, 0.15) is 40.4 Å². The third-order valence-electron chi connectivity index (χ3n) is 8.41. The largest absolute Gasteiger partial charge is 0.505 e. The molecule has 0 bridgehead atoms. The number of hydrogen-bond donors (Lipinski definition) is 4. The first-order valence-corrected chi connectivity index (χ1v) is 14.8. The third-order valence-corrected chi connectivity index (χ3v) is 9.46. The fraction of sp³-hybridized carbons (Fsp3) is 0.281. The van der Waals surface area contributed by atoms with Gasteiger partial charge in [-0.2, -0.15) is 0 Å². The minimum absolute atomic E-state index is 0.0355. The smallest absolute Gasteiger partial charge is 0.305 e. The number of ketones is 1. The first-order valence-electron chi connectivity index (χ1n) is 13.8. The predicted octanol–water partition coefficient (Wildman–Crippen LogP) is 5.05. The summed E-state index contributed by atoms with van der Waals surface area (Å²) in [7, 11) is 4.52. The summed E-state index contributed by atoms with van der Waals surface area (Å²) in [5, 5.41) is 40.5. The van der Waals surface area contributed by atoms with Crippen molar-refractivity contribution >= 4 is 73.4 Å². The lowest BCUT2D eigenvalue weighted by Gasteiger charge is -2.28. The van der Waals surface area contributed by atoms with Crippen molar-refractivity contribution < 1.29 is 39.1 Å². The third kappa shape index (κ3) is 3.57. The molecule has 4 aromatic carbocycles. The Labute approximate surface area is 249 Å². The Morgan fingerprint density at radius 1 is 0.953 bits per heavy atom. The molecule has 0 amide bonds. The van der Waals surface area contributed by atoms with Gasteiger partial charge in [0.25, 0.3) is 0 Å². The first-order chi connectivity index (χ1) is 20.7. The molecule has 0 atom stereocenters. The lowest BCUT2D eigenvalue weighted by Crippen LogP contribution is -2.19. The monoisotopic (exact) mass is 600 g/mol. The van der Waals surface area contributed by atoms with E-state index in [0.29, 0.717) is 79.3 Å². The Kier molecular flexibility index (Phi) is 6.14. The van der Waals surface area contributed by atoms with Gasteiger partial charge in [0.2, 0.25) is 0 Å². The highest BCUT2D eigenvalue weighted by Gasteiger charge is 2.37. The van der Waals surface area contributed by atoms with E-state index in [1.54, 1.807) is 18.9 Å². The lowest BCUT2D eigenvalue weighted by molar-refractivity contribution is -0.136. The van der Waals surface area contributed by atoms with Gasteiger partial charge in [0.15, 0.2) is 17.3 Å². The first kappa shape index (κ1) is 27.2. The van der Waals surface area contributed by atoms with Gasteiger partial charge in [0.1, 0.15) is 17.3 Å². The molecule has 4 N–H and O–H groups in total. The molecule has 1 heterocycles. The molecule has 220 valence electrons. The lowest BCUT2D eigenvalue weighted by atomic mass is 9.79. The van der Waals surface area contributed by atoms with Crippen LogP contribution < -0.4 is 20.1 Å². The second-order valence-electron chi connectivity index (χ2n) is 10.8. The number of carboxylic acids is 1. The molecule has 11 heteroatoms. The summed E-state index contributed by atoms with van der Waals surface area (Å²) in [5.41, 5.74) is 3.29. The van der Waals surface area contributed by atoms with Crippen LogP contribution >= 0.6 is 11.8 Å². The van der Waals surface area contributed by atoms with E-state index in [2.05, 4.69) is 5.32 Å². The number of hydrogen-bond acceptors (Lipinski definition) is 10. The molecule has 0 saturated carbocycles. The molecule has 0 saturated heterocycles. The average Bonchev–Trinajstić information content (AvgIpc) is 3.13. The Hall–Kier alpha value is -4.64. The van der Waals surface area contributed by atoms with Crippen molar-refractivity contribution in [3.63, 3.8) is 0 Å². The van der Waals surface area contributed by atoms with Crippen molar-refractivity contribution in [2.45, 2.75) is 24.7 Å². The molecular weight excluding hydrogens is 572 g/mol. The minimum atomic E-state index is -0.969. The van der Waals surface area contributed by atoms with E-state index in [1.807, 2.05) is 13.0 Å². The van der Waals surface area contributed by atoms with Crippen LogP contribution in [0.4, 0.5) is 5.69 Å². The van der Waals surface area contributed by atoms with Crippen molar-refractivity contribution in [3.8, 4) is 23.0 Å². The van der Waals surface area contributed by atoms with Gasteiger partial charge in [-0.05, 0) is 24.3 Å². The molecule has 4 aromatic rings. The molecule has 0 unspecified atom stereocenters. The number of allylic oxidation sites excluding steroid dienone is 2. The predicted molar refractivity (Wildman–Crippen MR) is 165 cm³/mol. The standard InChI is InChI=1S/C32H28N2O8S/c1-12-9-13-18-19-14(10-12)30(41-3)29(39)20-15(35)11-16(40-2)21(22(19)20)24-23(18)25(28(38)26(13)33-6-5-17(36)37)27-32(31(24)42-4)43-8-7-34-27/h10-11,33,38-39H,5-9H2,1-4H3,(H,36,37). The fourth-order valence-corrected chi connectivity index (χ4v) is 7.88. The molecule has 2 aliphatic carbocycles. The van der Waals surface area contributed by atoms with Crippen molar-refractivity contribution in [1.29, 1.82) is 0 Å². The summed E-state index contributed by atoms with van der Waals surface area (Å²) in [5.74, 6) is 0.0172. The molecule has 0 fully saturated rings. The van der Waals surface area contributed by atoms with Gasteiger partial charge < -0.3 is 34.8 Å². The maximum Gasteiger partial charge on any atom is 0.305 e. The van der Waals surface area contributed by atoms with Gasteiger partial charge in [-0.1, -0.05) is 11.6 Å². The molecule has 1 aliphatic heterocycles. The van der Waals surface area contributed by atoms with Gasteiger partial charge in [-0.15, -0.1) is 11.8 Å². The summed E-state index contributed by atoms with van der Waals surface area (Å²) in [6, 6.07) is 0. The van der Waals surface area contributed by atoms with Crippen LogP contribution in [0.5, 0.6) is 23.0 Å². The van der Waals surface area contributed by atoms with Crippen LogP contribution in [0.15, 0.2) is 21.5 Å². The number of aromatic hydroxyl groups is 2. The van der Waals surface area contributed by atoms with Crippen LogP contribution in [-0.4, -0.2) is 67.2 Å². The van der Waals surface area contributed by atoms with Crippen LogP contribution in [0.3, 0.4) is 0 Å². The second-order valence-corrected chi connectivity index (χ2v) is 11.9. The van der Waals surface area contributed by atoms with Gasteiger partial charge in [-0.3, -0.25) is 14.6 Å². The number of benzene rings is 4. The van der Waals surface area contributed by atoms with Crippen molar-refractivity contribution in [1.82, 2.24) is 0 Å². The van der Waals surface area contributed by atoms with E-state index in [1.165, 1.54) is 20.3 Å². The van der Waals surface area contributed by atoms with Crippen LogP contribution in [0.25, 0.3) is 44.2 Å². The number of phenols is 2. The molecule has 0 radical (unpaired) electrons. The SMILES string of the molecule is COC1=CC(=O)c2c(O)c(OC)c3c4c2c1c1c(OC)c2c(c5c(O)c(NCCC(=O)O)c(c4c15)CC(C)=C3)=NCCS2. The molecule has 0 aromatic heterocycles. The highest BCUT2D eigenvalue weighted by molar-refractivity contribution is 7.99. The average molecular weight is 601 g/mol. The molecule has 43 heavy (non-hydrogen) atoms. The van der Waals surface area contributed by atoms with E-state index >= 15 is 0 Å². The zero-order valence-electron chi connectivity index (χ0n) is 23.9. The number of carbonyl (C=O) groups excluding carboxylic acids is 1. The highest BCUT2D eigenvalue weighted by atomic mass is 32.2. The number of rotatable bonds is 7. The van der Waals surface area contributed by atoms with Crippen molar-refractivity contribution in [2.24, 2.45) is 4.99 Å². The maximum atomic E-state index is 13.7. The van der Waals surface area contributed by atoms with E-state index < -0.39 is 11.8 Å². The molecule has 3 aliphatic rings. The maximum absolute atomic E-state index is 13.7. The van der Waals surface area contributed by atoms with Gasteiger partial charge in [-0.25, -0.2) is 0 Å². The number of fused-ring (bicyclic) bond motifs is 3. The number of nitrogens with one attached hydrogen (secondary N) is 1. The molecule has 10 nitrogen and oxygen atoms in total. The number of thioether (sulfide) groups is 1. The van der Waals surface area contributed by atoms with E-state index in [0.717, 1.165) is 21.4 Å². The van der Waals surface area contributed by atoms with Gasteiger partial charge in [0, 0.05) is 57.6 Å². The van der Waals surface area contributed by atoms with Crippen LogP contribution in [0, 0.1) is 0 Å². The molecule has 7 rings (SSSR count). The van der Waals surface area contributed by atoms with Crippen molar-refractivity contribution in [2.75, 3.05) is 45.5 Å². The summed E-state index contributed by atoms with van der Waals surface area (Å²) in [6.07, 6.45) is 3.51. The van der Waals surface area contributed by atoms with Gasteiger partial charge in [0.05, 0.1) is 54.6 Å². The quantitative estimate of drug-likeness (QED) is 0.129. The molecule has 0 spiro atoms. The molecular formula is C32H28N2O8S. The Morgan fingerprint density at radius 2 is 1.72 bits per heavy atom. The summed E-state index contributed by atoms with van der Waals surface area (Å²) < 4.78 is 17.7. The van der Waals surface area contributed by atoms with Crippen LogP contribution in [-0.2, 0) is 16.0 Å². The Morgan fingerprint density at radius 3 is 2.42 bits per heavy atom. The Bertz CT molecular complexity index is 2100. The number of phenolic OH excluding ortho intramolecular Hbond substituents is 2.